The zero-order valence-corrected chi connectivity index (χ0v) is 10.9. The Morgan fingerprint density at radius 3 is 1.79 bits per heavy atom. The summed E-state index contributed by atoms with van der Waals surface area (Å²) in [7, 11) is 0. The third-order valence-electron chi connectivity index (χ3n) is 1.89. The Bertz CT molecular complexity index is 385. The zero-order chi connectivity index (χ0) is 10.3. The molecule has 1 aromatic rings. The van der Waals surface area contributed by atoms with Crippen molar-refractivity contribution in [3.63, 3.8) is 0 Å². The summed E-state index contributed by atoms with van der Waals surface area (Å²) in [6.45, 7) is 3.82. The number of Topliss-reactive ketones (excluding diaryl/α,β-unsaturated/α-hetero) is 1. The standard InChI is InChI=1S/C8H8O2S4/c1-3-5(9)4(2)12-7-6(11-3)13-8(10)14-7/h3-4H,1-2H3/t3-,4-/m0/s1. The fraction of sp³-hybridized carbons (Fsp3) is 0.500. The van der Waals surface area contributed by atoms with Crippen LogP contribution in [0.4, 0.5) is 0 Å². The van der Waals surface area contributed by atoms with Crippen molar-refractivity contribution in [1.82, 2.24) is 0 Å². The van der Waals surface area contributed by atoms with Crippen molar-refractivity contribution in [2.75, 3.05) is 0 Å². The van der Waals surface area contributed by atoms with E-state index in [1.165, 1.54) is 46.2 Å². The summed E-state index contributed by atoms with van der Waals surface area (Å²) in [6, 6.07) is 0. The quantitative estimate of drug-likeness (QED) is 0.721. The second-order valence-electron chi connectivity index (χ2n) is 2.95. The predicted octanol–water partition coefficient (Wildman–Crippen LogP) is 2.71. The number of thioether (sulfide) groups is 2. The van der Waals surface area contributed by atoms with Gasteiger partial charge in [0.1, 0.15) is 0 Å². The van der Waals surface area contributed by atoms with Crippen LogP contribution in [-0.2, 0) is 4.79 Å². The number of ketones is 1. The van der Waals surface area contributed by atoms with E-state index >= 15 is 0 Å². The molecular formula is C8H8O2S4. The average molecular weight is 264 g/mol. The lowest BCUT2D eigenvalue weighted by molar-refractivity contribution is -0.117. The minimum Gasteiger partial charge on any atom is -0.297 e. The van der Waals surface area contributed by atoms with Gasteiger partial charge in [0.05, 0.1) is 18.9 Å². The van der Waals surface area contributed by atoms with Crippen LogP contribution in [0.1, 0.15) is 13.8 Å². The summed E-state index contributed by atoms with van der Waals surface area (Å²) in [6.07, 6.45) is 0. The Balaban J connectivity index is 2.42. The van der Waals surface area contributed by atoms with Crippen LogP contribution in [0, 0.1) is 0 Å². The third-order valence-corrected chi connectivity index (χ3v) is 7.10. The summed E-state index contributed by atoms with van der Waals surface area (Å²) < 4.78 is 2.18. The number of carbonyl (C=O) groups is 1. The second-order valence-corrected chi connectivity index (χ2v) is 8.40. The van der Waals surface area contributed by atoms with E-state index in [1.807, 2.05) is 13.8 Å². The van der Waals surface area contributed by atoms with Gasteiger partial charge in [-0.3, -0.25) is 9.59 Å². The van der Waals surface area contributed by atoms with Crippen LogP contribution in [0.15, 0.2) is 13.2 Å². The molecule has 2 heterocycles. The number of fused-ring (bicyclic) bond motifs is 1. The van der Waals surface area contributed by atoms with Gasteiger partial charge >= 0.3 is 0 Å². The molecule has 6 heteroatoms. The van der Waals surface area contributed by atoms with Gasteiger partial charge in [-0.05, 0) is 13.8 Å². The highest BCUT2D eigenvalue weighted by Gasteiger charge is 2.29. The summed E-state index contributed by atoms with van der Waals surface area (Å²) in [4.78, 5) is 22.9. The van der Waals surface area contributed by atoms with Crippen LogP contribution >= 0.6 is 46.2 Å². The lowest BCUT2D eigenvalue weighted by Crippen LogP contribution is -2.21. The molecule has 0 spiro atoms. The maximum absolute atomic E-state index is 11.7. The molecule has 0 aromatic carbocycles. The third kappa shape index (κ3) is 1.93. The lowest BCUT2D eigenvalue weighted by Gasteiger charge is -2.08. The molecule has 76 valence electrons. The van der Waals surface area contributed by atoms with Crippen molar-refractivity contribution in [3.05, 3.63) is 8.85 Å². The van der Waals surface area contributed by atoms with Crippen molar-refractivity contribution in [3.8, 4) is 0 Å². The first-order valence-corrected chi connectivity index (χ1v) is 7.48. The minimum absolute atomic E-state index is 0.0241. The Hall–Kier alpha value is 0.220. The monoisotopic (exact) mass is 264 g/mol. The van der Waals surface area contributed by atoms with Gasteiger partial charge in [-0.1, -0.05) is 22.7 Å². The van der Waals surface area contributed by atoms with E-state index in [-0.39, 0.29) is 20.3 Å². The topological polar surface area (TPSA) is 34.1 Å². The minimum atomic E-state index is -0.0241. The Morgan fingerprint density at radius 2 is 1.36 bits per heavy atom. The van der Waals surface area contributed by atoms with Crippen molar-refractivity contribution >= 4 is 52.0 Å². The van der Waals surface area contributed by atoms with Gasteiger partial charge in [0.2, 0.25) is 0 Å². The van der Waals surface area contributed by atoms with Crippen LogP contribution in [0.25, 0.3) is 0 Å². The number of hydrogen-bond acceptors (Lipinski definition) is 6. The van der Waals surface area contributed by atoms with Crippen LogP contribution in [0.3, 0.4) is 0 Å². The highest BCUT2D eigenvalue weighted by atomic mass is 32.2. The molecule has 2 rings (SSSR count). The number of rotatable bonds is 0. The number of hydrogen-bond donors (Lipinski definition) is 0. The molecule has 0 radical (unpaired) electrons. The SMILES string of the molecule is C[C@@H]1Sc2sc(=O)sc2S[C@@H](C)C1=O. The molecule has 2 atom stereocenters. The zero-order valence-electron chi connectivity index (χ0n) is 7.60. The molecule has 14 heavy (non-hydrogen) atoms. The van der Waals surface area contributed by atoms with Crippen LogP contribution in [-0.4, -0.2) is 16.3 Å². The summed E-state index contributed by atoms with van der Waals surface area (Å²) in [5.74, 6) is 0.267. The van der Waals surface area contributed by atoms with Gasteiger partial charge in [-0.25, -0.2) is 0 Å². The Labute approximate surface area is 98.1 Å². The van der Waals surface area contributed by atoms with E-state index in [1.54, 1.807) is 0 Å². The molecule has 1 aromatic heterocycles. The van der Waals surface area contributed by atoms with Gasteiger partial charge in [-0.15, -0.1) is 23.5 Å². The van der Waals surface area contributed by atoms with Gasteiger partial charge in [-0.2, -0.15) is 0 Å². The van der Waals surface area contributed by atoms with E-state index in [0.717, 1.165) is 8.42 Å². The molecule has 0 fully saturated rings. The van der Waals surface area contributed by atoms with Gasteiger partial charge in [0, 0.05) is 0 Å². The van der Waals surface area contributed by atoms with E-state index in [0.29, 0.717) is 0 Å². The summed E-state index contributed by atoms with van der Waals surface area (Å²) in [5.41, 5.74) is 0. The highest BCUT2D eigenvalue weighted by Crippen LogP contribution is 2.44. The van der Waals surface area contributed by atoms with E-state index in [4.69, 9.17) is 0 Å². The van der Waals surface area contributed by atoms with E-state index in [9.17, 15) is 9.59 Å². The van der Waals surface area contributed by atoms with Crippen LogP contribution in [0.2, 0.25) is 0 Å². The molecule has 0 saturated carbocycles. The van der Waals surface area contributed by atoms with Crippen molar-refractivity contribution in [2.45, 2.75) is 32.8 Å². The lowest BCUT2D eigenvalue weighted by atomic mass is 10.2. The molecule has 0 unspecified atom stereocenters. The summed E-state index contributed by atoms with van der Waals surface area (Å²) >= 11 is 5.58. The first-order chi connectivity index (χ1) is 6.58. The molecule has 0 aliphatic carbocycles. The van der Waals surface area contributed by atoms with Crippen molar-refractivity contribution < 1.29 is 4.79 Å². The molecule has 1 aliphatic heterocycles. The van der Waals surface area contributed by atoms with E-state index < -0.39 is 0 Å². The van der Waals surface area contributed by atoms with Gasteiger partial charge in [0.15, 0.2) is 5.78 Å². The van der Waals surface area contributed by atoms with E-state index in [2.05, 4.69) is 0 Å². The summed E-state index contributed by atoms with van der Waals surface area (Å²) in [5, 5.41) is -0.0481. The number of carbonyl (C=O) groups excluding carboxylic acids is 1. The molecule has 2 nitrogen and oxygen atoms in total. The predicted molar refractivity (Wildman–Crippen MR) is 64.1 cm³/mol. The molecule has 0 amide bonds. The van der Waals surface area contributed by atoms with Crippen molar-refractivity contribution in [2.24, 2.45) is 0 Å². The first kappa shape index (κ1) is 10.7. The first-order valence-electron chi connectivity index (χ1n) is 4.09. The molecule has 0 bridgehead atoms. The Morgan fingerprint density at radius 1 is 0.929 bits per heavy atom. The van der Waals surface area contributed by atoms with Gasteiger partial charge < -0.3 is 0 Å². The molecule has 1 aliphatic rings. The smallest absolute Gasteiger partial charge is 0.289 e. The van der Waals surface area contributed by atoms with Crippen molar-refractivity contribution in [1.29, 1.82) is 0 Å². The molecular weight excluding hydrogens is 256 g/mol. The largest absolute Gasteiger partial charge is 0.297 e. The highest BCUT2D eigenvalue weighted by molar-refractivity contribution is 8.07. The second kappa shape index (κ2) is 4.00. The fourth-order valence-corrected chi connectivity index (χ4v) is 6.96. The Kier molecular flexibility index (Phi) is 3.06. The normalized spacial score (nSPS) is 27.1. The molecule has 0 N–H and O–H groups in total. The van der Waals surface area contributed by atoms with Gasteiger partial charge in [0.25, 0.3) is 4.06 Å². The maximum Gasteiger partial charge on any atom is 0.289 e. The fourth-order valence-electron chi connectivity index (χ4n) is 1.17. The maximum atomic E-state index is 11.7. The molecule has 0 saturated heterocycles. The van der Waals surface area contributed by atoms with Crippen LogP contribution in [0.5, 0.6) is 0 Å². The average Bonchev–Trinajstić information content (AvgIpc) is 2.40. The van der Waals surface area contributed by atoms with Crippen LogP contribution < -0.4 is 4.06 Å².